The second kappa shape index (κ2) is 8.52. The summed E-state index contributed by atoms with van der Waals surface area (Å²) in [6.07, 6.45) is 3.54. The fraction of sp³-hybridized carbons (Fsp3) is 0.136. The van der Waals surface area contributed by atoms with Crippen LogP contribution in [-0.4, -0.2) is 43.2 Å². The van der Waals surface area contributed by atoms with Gasteiger partial charge < -0.3 is 14.5 Å². The molecule has 0 saturated carbocycles. The van der Waals surface area contributed by atoms with Gasteiger partial charge in [0.25, 0.3) is 5.91 Å². The molecule has 0 fully saturated rings. The lowest BCUT2D eigenvalue weighted by Gasteiger charge is -2.10. The molecule has 0 saturated heterocycles. The van der Waals surface area contributed by atoms with E-state index in [2.05, 4.69) is 36.1 Å². The molecule has 34 heavy (non-hydrogen) atoms. The van der Waals surface area contributed by atoms with Crippen molar-refractivity contribution in [3.8, 4) is 11.4 Å². The van der Waals surface area contributed by atoms with Crippen LogP contribution in [0, 0.1) is 13.8 Å². The first kappa shape index (κ1) is 21.5. The number of methoxy groups -OCH3 is 1. The molecule has 0 aliphatic rings. The fourth-order valence-electron chi connectivity index (χ4n) is 3.44. The molecule has 0 spiro atoms. The number of aromatic amines is 1. The number of rotatable bonds is 6. The number of hydrogen-bond donors (Lipinski definition) is 3. The van der Waals surface area contributed by atoms with Crippen LogP contribution >= 0.6 is 11.6 Å². The largest absolute Gasteiger partial charge is 0.496 e. The smallest absolute Gasteiger partial charge is 0.322 e. The molecule has 5 rings (SSSR count). The maximum atomic E-state index is 12.6. The van der Waals surface area contributed by atoms with Crippen LogP contribution in [0.4, 0.5) is 17.5 Å². The van der Waals surface area contributed by atoms with Crippen molar-refractivity contribution in [1.82, 2.24) is 30.2 Å². The third-order valence-electron chi connectivity index (χ3n) is 5.15. The summed E-state index contributed by atoms with van der Waals surface area (Å²) in [4.78, 5) is 12.6. The summed E-state index contributed by atoms with van der Waals surface area (Å²) in [6, 6.07) is 8.89. The molecular weight excluding hydrogens is 460 g/mol. The van der Waals surface area contributed by atoms with E-state index in [-0.39, 0.29) is 6.01 Å². The number of aryl methyl sites for hydroxylation is 2. The molecule has 0 aliphatic carbocycles. The van der Waals surface area contributed by atoms with Crippen LogP contribution in [0.25, 0.3) is 16.6 Å². The van der Waals surface area contributed by atoms with E-state index >= 15 is 0 Å². The highest BCUT2D eigenvalue weighted by atomic mass is 35.5. The number of H-pyrrole nitrogens is 1. The Morgan fingerprint density at radius 2 is 2.06 bits per heavy atom. The molecular formula is C22H19ClN8O3. The highest BCUT2D eigenvalue weighted by Gasteiger charge is 2.17. The van der Waals surface area contributed by atoms with Crippen LogP contribution < -0.4 is 15.4 Å². The minimum atomic E-state index is -0.435. The van der Waals surface area contributed by atoms with Gasteiger partial charge in [-0.25, -0.2) is 4.68 Å². The van der Waals surface area contributed by atoms with Crippen LogP contribution in [0.2, 0.25) is 5.02 Å². The maximum Gasteiger partial charge on any atom is 0.322 e. The SMILES string of the molecule is COc1cc(-n2cc(C)c(Nc3ccc4[nH]ncc4c3Cl)n2)ccc1C(=O)Nc1nnc(C)o1. The first-order valence-electron chi connectivity index (χ1n) is 10.2. The van der Waals surface area contributed by atoms with Crippen molar-refractivity contribution in [2.75, 3.05) is 17.7 Å². The highest BCUT2D eigenvalue weighted by molar-refractivity contribution is 6.38. The number of hydrogen-bond acceptors (Lipinski definition) is 8. The average molecular weight is 479 g/mol. The normalized spacial score (nSPS) is 11.1. The second-order valence-electron chi connectivity index (χ2n) is 7.45. The van der Waals surface area contributed by atoms with E-state index in [1.54, 1.807) is 36.0 Å². The highest BCUT2D eigenvalue weighted by Crippen LogP contribution is 2.33. The van der Waals surface area contributed by atoms with Crippen LogP contribution in [0.5, 0.6) is 5.75 Å². The summed E-state index contributed by atoms with van der Waals surface area (Å²) in [7, 11) is 1.49. The maximum absolute atomic E-state index is 12.6. The summed E-state index contributed by atoms with van der Waals surface area (Å²) in [5.41, 5.74) is 3.48. The number of nitrogens with one attached hydrogen (secondary N) is 3. The average Bonchev–Trinajstić information content (AvgIpc) is 3.56. The van der Waals surface area contributed by atoms with Gasteiger partial charge in [-0.3, -0.25) is 15.2 Å². The first-order chi connectivity index (χ1) is 16.4. The Morgan fingerprint density at radius 3 is 2.82 bits per heavy atom. The second-order valence-corrected chi connectivity index (χ2v) is 7.83. The number of aromatic nitrogens is 6. The molecule has 0 bridgehead atoms. The number of nitrogens with zero attached hydrogens (tertiary/aromatic N) is 5. The van der Waals surface area contributed by atoms with E-state index in [9.17, 15) is 4.79 Å². The van der Waals surface area contributed by atoms with Crippen molar-refractivity contribution in [2.24, 2.45) is 0 Å². The lowest BCUT2D eigenvalue weighted by molar-refractivity contribution is 0.102. The number of anilines is 3. The summed E-state index contributed by atoms with van der Waals surface area (Å²) in [5.74, 6) is 0.914. The van der Waals surface area contributed by atoms with Gasteiger partial charge in [-0.05, 0) is 31.2 Å². The molecule has 0 atom stereocenters. The summed E-state index contributed by atoms with van der Waals surface area (Å²) in [5, 5.41) is 26.2. The number of amides is 1. The van der Waals surface area contributed by atoms with Gasteiger partial charge in [0.15, 0.2) is 5.82 Å². The van der Waals surface area contributed by atoms with Crippen molar-refractivity contribution in [1.29, 1.82) is 0 Å². The van der Waals surface area contributed by atoms with Crippen molar-refractivity contribution < 1.29 is 13.9 Å². The standard InChI is InChI=1S/C22H19ClN8O3/c1-11-10-31(30-20(11)25-17-7-6-16-15(19(17)23)9-24-28-16)13-4-5-14(18(8-13)33-3)21(32)26-22-29-27-12(2)34-22/h4-10H,1-3H3,(H,24,28)(H,25,30)(H,26,29,32). The molecule has 12 heteroatoms. The number of fused-ring (bicyclic) bond motifs is 1. The predicted molar refractivity (Wildman–Crippen MR) is 126 cm³/mol. The van der Waals surface area contributed by atoms with Crippen molar-refractivity contribution in [3.63, 3.8) is 0 Å². The van der Waals surface area contributed by atoms with E-state index in [4.69, 9.17) is 20.8 Å². The Kier molecular flexibility index (Phi) is 5.38. The Bertz CT molecular complexity index is 1520. The van der Waals surface area contributed by atoms with Crippen LogP contribution in [0.15, 0.2) is 47.1 Å². The van der Waals surface area contributed by atoms with Crippen LogP contribution in [-0.2, 0) is 0 Å². The van der Waals surface area contributed by atoms with Gasteiger partial charge in [0.05, 0.1) is 40.8 Å². The predicted octanol–water partition coefficient (Wildman–Crippen LogP) is 4.41. The lowest BCUT2D eigenvalue weighted by atomic mass is 10.1. The van der Waals surface area contributed by atoms with Crippen molar-refractivity contribution >= 4 is 45.9 Å². The van der Waals surface area contributed by atoms with Gasteiger partial charge in [0, 0.05) is 30.1 Å². The quantitative estimate of drug-likeness (QED) is 0.326. The molecule has 5 aromatic rings. The Hall–Kier alpha value is -4.38. The third-order valence-corrected chi connectivity index (χ3v) is 5.56. The van der Waals surface area contributed by atoms with Gasteiger partial charge in [-0.15, -0.1) is 10.2 Å². The monoisotopic (exact) mass is 478 g/mol. The van der Waals surface area contributed by atoms with Crippen LogP contribution in [0.3, 0.4) is 0 Å². The molecule has 3 heterocycles. The van der Waals surface area contributed by atoms with E-state index < -0.39 is 5.91 Å². The number of halogens is 1. The van der Waals surface area contributed by atoms with Crippen molar-refractivity contribution in [2.45, 2.75) is 13.8 Å². The number of ether oxygens (including phenoxy) is 1. The molecule has 3 aromatic heterocycles. The number of carbonyl (C=O) groups excluding carboxylic acids is 1. The minimum absolute atomic E-state index is 0.0133. The summed E-state index contributed by atoms with van der Waals surface area (Å²) in [6.45, 7) is 3.57. The third kappa shape index (κ3) is 3.92. The molecule has 0 aliphatic heterocycles. The first-order valence-corrected chi connectivity index (χ1v) is 10.6. The van der Waals surface area contributed by atoms with Gasteiger partial charge in [-0.1, -0.05) is 16.7 Å². The Morgan fingerprint density at radius 1 is 1.21 bits per heavy atom. The summed E-state index contributed by atoms with van der Waals surface area (Å²) < 4.78 is 12.3. The van der Waals surface area contributed by atoms with E-state index in [1.807, 2.05) is 25.3 Å². The van der Waals surface area contributed by atoms with E-state index in [0.29, 0.717) is 39.4 Å². The van der Waals surface area contributed by atoms with E-state index in [0.717, 1.165) is 16.5 Å². The minimum Gasteiger partial charge on any atom is -0.496 e. The molecule has 3 N–H and O–H groups in total. The van der Waals surface area contributed by atoms with E-state index in [1.165, 1.54) is 7.11 Å². The summed E-state index contributed by atoms with van der Waals surface area (Å²) >= 11 is 6.53. The topological polar surface area (TPSA) is 136 Å². The lowest BCUT2D eigenvalue weighted by Crippen LogP contribution is -2.14. The number of benzene rings is 2. The molecule has 0 unspecified atom stereocenters. The zero-order chi connectivity index (χ0) is 23.8. The van der Waals surface area contributed by atoms with Gasteiger partial charge >= 0.3 is 6.01 Å². The van der Waals surface area contributed by atoms with Gasteiger partial charge in [-0.2, -0.15) is 5.10 Å². The Balaban J connectivity index is 1.41. The molecule has 172 valence electrons. The zero-order valence-corrected chi connectivity index (χ0v) is 19.1. The van der Waals surface area contributed by atoms with Gasteiger partial charge in [0.2, 0.25) is 5.89 Å². The molecule has 0 radical (unpaired) electrons. The Labute approximate surface area is 198 Å². The van der Waals surface area contributed by atoms with Gasteiger partial charge in [0.1, 0.15) is 5.75 Å². The molecule has 11 nitrogen and oxygen atoms in total. The molecule has 2 aromatic carbocycles. The fourth-order valence-corrected chi connectivity index (χ4v) is 3.71. The number of carbonyl (C=O) groups is 1. The molecule has 1 amide bonds. The van der Waals surface area contributed by atoms with Crippen LogP contribution in [0.1, 0.15) is 21.8 Å². The zero-order valence-electron chi connectivity index (χ0n) is 18.4. The van der Waals surface area contributed by atoms with Crippen molar-refractivity contribution in [3.05, 3.63) is 64.8 Å².